The van der Waals surface area contributed by atoms with Gasteiger partial charge >= 0.3 is 0 Å². The van der Waals surface area contributed by atoms with Gasteiger partial charge in [0.05, 0.1) is 25.0 Å². The minimum Gasteiger partial charge on any atom is -0.493 e. The zero-order valence-corrected chi connectivity index (χ0v) is 13.4. The molecule has 0 saturated carbocycles. The smallest absolute Gasteiger partial charge is 0.179 e. The molecule has 0 saturated heterocycles. The maximum Gasteiger partial charge on any atom is 0.179 e. The molecule has 1 aromatic heterocycles. The van der Waals surface area contributed by atoms with E-state index < -0.39 is 6.10 Å². The second-order valence-corrected chi connectivity index (χ2v) is 5.11. The molecule has 1 unspecified atom stereocenters. The molecular weight excluding hydrogens is 306 g/mol. The van der Waals surface area contributed by atoms with Crippen LogP contribution in [-0.4, -0.2) is 25.4 Å². The van der Waals surface area contributed by atoms with Crippen molar-refractivity contribution in [3.8, 4) is 11.5 Å². The van der Waals surface area contributed by atoms with Crippen LogP contribution in [0.2, 0.25) is 5.02 Å². The maximum atomic E-state index is 9.93. The van der Waals surface area contributed by atoms with Gasteiger partial charge in [-0.2, -0.15) is 0 Å². The molecule has 6 heteroatoms. The van der Waals surface area contributed by atoms with Crippen LogP contribution in [-0.2, 0) is 6.54 Å². The summed E-state index contributed by atoms with van der Waals surface area (Å²) < 4.78 is 15.9. The molecule has 1 heterocycles. The number of aliphatic hydroxyl groups is 1. The van der Waals surface area contributed by atoms with Gasteiger partial charge in [-0.3, -0.25) is 0 Å². The molecule has 0 aliphatic heterocycles. The van der Waals surface area contributed by atoms with E-state index in [2.05, 4.69) is 5.32 Å². The molecule has 0 aliphatic rings. The van der Waals surface area contributed by atoms with E-state index in [1.807, 2.05) is 19.1 Å². The van der Waals surface area contributed by atoms with Crippen molar-refractivity contribution in [2.45, 2.75) is 19.6 Å². The Morgan fingerprint density at radius 3 is 2.86 bits per heavy atom. The molecule has 0 bridgehead atoms. The lowest BCUT2D eigenvalue weighted by Gasteiger charge is -2.14. The number of aliphatic hydroxyl groups excluding tert-OH is 1. The average molecular weight is 326 g/mol. The van der Waals surface area contributed by atoms with Crippen LogP contribution in [0.1, 0.15) is 24.4 Å². The summed E-state index contributed by atoms with van der Waals surface area (Å²) in [5.74, 6) is 1.68. The summed E-state index contributed by atoms with van der Waals surface area (Å²) in [4.78, 5) is 0. The maximum absolute atomic E-state index is 9.93. The number of methoxy groups -OCH3 is 1. The summed E-state index contributed by atoms with van der Waals surface area (Å²) in [6.07, 6.45) is 0.852. The Balaban J connectivity index is 1.96. The fourth-order valence-corrected chi connectivity index (χ4v) is 2.38. The Morgan fingerprint density at radius 1 is 1.41 bits per heavy atom. The molecule has 22 heavy (non-hydrogen) atoms. The van der Waals surface area contributed by atoms with Crippen LogP contribution in [0.25, 0.3) is 0 Å². The Morgan fingerprint density at radius 2 is 2.23 bits per heavy atom. The SMILES string of the molecule is CCOc1c(Cl)cc(CNCC(O)c2ccco2)cc1OC. The Kier molecular flexibility index (Phi) is 6.12. The molecule has 2 N–H and O–H groups in total. The zero-order chi connectivity index (χ0) is 15.9. The number of hydrogen-bond acceptors (Lipinski definition) is 5. The first-order chi connectivity index (χ1) is 10.7. The monoisotopic (exact) mass is 325 g/mol. The van der Waals surface area contributed by atoms with Crippen LogP contribution in [0.5, 0.6) is 11.5 Å². The number of ether oxygens (including phenoxy) is 2. The van der Waals surface area contributed by atoms with Gasteiger partial charge in [0.2, 0.25) is 0 Å². The van der Waals surface area contributed by atoms with Gasteiger partial charge in [0.1, 0.15) is 11.9 Å². The third-order valence-electron chi connectivity index (χ3n) is 3.12. The standard InChI is InChI=1S/C16H20ClNO4/c1-3-21-16-12(17)7-11(8-15(16)20-2)9-18-10-13(19)14-5-4-6-22-14/h4-8,13,18-19H,3,9-10H2,1-2H3. The third kappa shape index (κ3) is 4.16. The van der Waals surface area contributed by atoms with E-state index in [0.29, 0.717) is 42.0 Å². The number of halogens is 1. The van der Waals surface area contributed by atoms with Gasteiger partial charge in [0.15, 0.2) is 11.5 Å². The van der Waals surface area contributed by atoms with E-state index in [0.717, 1.165) is 5.56 Å². The number of rotatable bonds is 8. The minimum absolute atomic E-state index is 0.376. The molecule has 1 atom stereocenters. The van der Waals surface area contributed by atoms with E-state index >= 15 is 0 Å². The number of furan rings is 1. The highest BCUT2D eigenvalue weighted by Gasteiger charge is 2.13. The normalized spacial score (nSPS) is 12.2. The Bertz CT molecular complexity index is 586. The highest BCUT2D eigenvalue weighted by atomic mass is 35.5. The lowest BCUT2D eigenvalue weighted by molar-refractivity contribution is 0.147. The molecule has 0 radical (unpaired) electrons. The fraction of sp³-hybridized carbons (Fsp3) is 0.375. The lowest BCUT2D eigenvalue weighted by atomic mass is 10.2. The second kappa shape index (κ2) is 8.08. The number of benzene rings is 1. The quantitative estimate of drug-likeness (QED) is 0.780. The minimum atomic E-state index is -0.685. The van der Waals surface area contributed by atoms with Crippen LogP contribution >= 0.6 is 11.6 Å². The van der Waals surface area contributed by atoms with E-state index in [-0.39, 0.29) is 0 Å². The van der Waals surface area contributed by atoms with Crippen molar-refractivity contribution < 1.29 is 19.0 Å². The van der Waals surface area contributed by atoms with Crippen molar-refractivity contribution in [3.05, 3.63) is 46.9 Å². The first-order valence-corrected chi connectivity index (χ1v) is 7.44. The molecule has 0 fully saturated rings. The Labute approximate surface area is 134 Å². The van der Waals surface area contributed by atoms with E-state index in [1.165, 1.54) is 6.26 Å². The molecule has 5 nitrogen and oxygen atoms in total. The van der Waals surface area contributed by atoms with Crippen LogP contribution in [0.4, 0.5) is 0 Å². The van der Waals surface area contributed by atoms with Gasteiger partial charge in [-0.1, -0.05) is 11.6 Å². The van der Waals surface area contributed by atoms with Crippen molar-refractivity contribution in [1.82, 2.24) is 5.32 Å². The summed E-state index contributed by atoms with van der Waals surface area (Å²) in [6, 6.07) is 7.17. The first-order valence-electron chi connectivity index (χ1n) is 7.07. The molecule has 120 valence electrons. The fourth-order valence-electron chi connectivity index (χ4n) is 2.09. The molecule has 2 aromatic rings. The van der Waals surface area contributed by atoms with E-state index in [9.17, 15) is 5.11 Å². The molecule has 0 spiro atoms. The molecule has 1 aromatic carbocycles. The number of nitrogens with one attached hydrogen (secondary N) is 1. The summed E-state index contributed by atoms with van der Waals surface area (Å²) >= 11 is 6.22. The Hall–Kier alpha value is -1.69. The summed E-state index contributed by atoms with van der Waals surface area (Å²) in [7, 11) is 1.58. The summed E-state index contributed by atoms with van der Waals surface area (Å²) in [6.45, 7) is 3.32. The van der Waals surface area contributed by atoms with Crippen molar-refractivity contribution in [2.24, 2.45) is 0 Å². The van der Waals surface area contributed by atoms with Crippen molar-refractivity contribution in [3.63, 3.8) is 0 Å². The van der Waals surface area contributed by atoms with Gasteiger partial charge in [0.25, 0.3) is 0 Å². The molecule has 0 aliphatic carbocycles. The average Bonchev–Trinajstić information content (AvgIpc) is 3.04. The van der Waals surface area contributed by atoms with Crippen LogP contribution in [0.15, 0.2) is 34.9 Å². The largest absolute Gasteiger partial charge is 0.493 e. The van der Waals surface area contributed by atoms with Gasteiger partial charge in [-0.05, 0) is 36.8 Å². The van der Waals surface area contributed by atoms with Gasteiger partial charge in [-0.25, -0.2) is 0 Å². The van der Waals surface area contributed by atoms with Gasteiger partial charge < -0.3 is 24.3 Å². The van der Waals surface area contributed by atoms with E-state index in [1.54, 1.807) is 19.2 Å². The first kappa shape index (κ1) is 16.7. The number of hydrogen-bond donors (Lipinski definition) is 2. The van der Waals surface area contributed by atoms with Crippen molar-refractivity contribution in [1.29, 1.82) is 0 Å². The summed E-state index contributed by atoms with van der Waals surface area (Å²) in [5.41, 5.74) is 0.942. The zero-order valence-electron chi connectivity index (χ0n) is 12.6. The highest BCUT2D eigenvalue weighted by molar-refractivity contribution is 6.32. The lowest BCUT2D eigenvalue weighted by Crippen LogP contribution is -2.20. The van der Waals surface area contributed by atoms with Crippen molar-refractivity contribution >= 4 is 11.6 Å². The topological polar surface area (TPSA) is 63.9 Å². The van der Waals surface area contributed by atoms with Crippen LogP contribution in [0, 0.1) is 0 Å². The second-order valence-electron chi connectivity index (χ2n) is 4.70. The highest BCUT2D eigenvalue weighted by Crippen LogP contribution is 2.36. The van der Waals surface area contributed by atoms with Crippen LogP contribution in [0.3, 0.4) is 0 Å². The predicted octanol–water partition coefficient (Wildman–Crippen LogP) is 3.16. The molecule has 0 amide bonds. The molecular formula is C16H20ClNO4. The molecule has 2 rings (SSSR count). The van der Waals surface area contributed by atoms with Crippen LogP contribution < -0.4 is 14.8 Å². The van der Waals surface area contributed by atoms with Crippen molar-refractivity contribution in [2.75, 3.05) is 20.3 Å². The van der Waals surface area contributed by atoms with E-state index in [4.69, 9.17) is 25.5 Å². The predicted molar refractivity (Wildman–Crippen MR) is 84.5 cm³/mol. The van der Waals surface area contributed by atoms with Gasteiger partial charge in [-0.15, -0.1) is 0 Å². The summed E-state index contributed by atoms with van der Waals surface area (Å²) in [5, 5.41) is 13.6. The third-order valence-corrected chi connectivity index (χ3v) is 3.40. The van der Waals surface area contributed by atoms with Gasteiger partial charge in [0, 0.05) is 13.1 Å².